The average Bonchev–Trinajstić information content (AvgIpc) is 2.94. The lowest BCUT2D eigenvalue weighted by molar-refractivity contribution is 0.565. The van der Waals surface area contributed by atoms with E-state index >= 15 is 0 Å². The smallest absolute Gasteiger partial charge is 0.264 e. The first-order chi connectivity index (χ1) is 7.52. The zero-order chi connectivity index (χ0) is 11.8. The van der Waals surface area contributed by atoms with Crippen LogP contribution in [0.1, 0.15) is 44.2 Å². The molecule has 4 nitrogen and oxygen atoms in total. The zero-order valence-electron chi connectivity index (χ0n) is 9.19. The van der Waals surface area contributed by atoms with E-state index in [0.717, 1.165) is 32.2 Å². The van der Waals surface area contributed by atoms with E-state index in [4.69, 9.17) is 10.7 Å². The number of nitrogens with zero attached hydrogens (tertiary/aromatic N) is 2. The van der Waals surface area contributed by atoms with Crippen molar-refractivity contribution in [3.8, 4) is 0 Å². The Morgan fingerprint density at radius 2 is 2.25 bits per heavy atom. The van der Waals surface area contributed by atoms with Crippen LogP contribution in [0.15, 0.2) is 11.1 Å². The molecule has 0 unspecified atom stereocenters. The maximum absolute atomic E-state index is 11.4. The Balaban J connectivity index is 2.31. The van der Waals surface area contributed by atoms with E-state index in [9.17, 15) is 8.42 Å². The number of rotatable bonds is 5. The molecular formula is C10H15ClN2O2S. The first kappa shape index (κ1) is 11.9. The Hall–Kier alpha value is -0.550. The van der Waals surface area contributed by atoms with Gasteiger partial charge in [0.25, 0.3) is 9.05 Å². The van der Waals surface area contributed by atoms with Gasteiger partial charge in [-0.25, -0.2) is 8.42 Å². The summed E-state index contributed by atoms with van der Waals surface area (Å²) in [6.07, 6.45) is 5.65. The maximum Gasteiger partial charge on any atom is 0.264 e. The maximum atomic E-state index is 11.4. The van der Waals surface area contributed by atoms with Crippen molar-refractivity contribution in [1.82, 2.24) is 9.78 Å². The number of hydrogen-bond acceptors (Lipinski definition) is 3. The highest BCUT2D eigenvalue weighted by Gasteiger charge is 2.33. The minimum atomic E-state index is -3.65. The van der Waals surface area contributed by atoms with Crippen LogP contribution in [0.3, 0.4) is 0 Å². The lowest BCUT2D eigenvalue weighted by Gasteiger charge is -1.97. The van der Waals surface area contributed by atoms with Crippen molar-refractivity contribution in [2.75, 3.05) is 0 Å². The normalized spacial score (nSPS) is 16.6. The van der Waals surface area contributed by atoms with Crippen LogP contribution in [-0.2, 0) is 15.6 Å². The summed E-state index contributed by atoms with van der Waals surface area (Å²) in [6.45, 7) is 2.84. The minimum absolute atomic E-state index is 0.202. The summed E-state index contributed by atoms with van der Waals surface area (Å²) in [7, 11) is 1.75. The highest BCUT2D eigenvalue weighted by atomic mass is 35.7. The van der Waals surface area contributed by atoms with E-state index in [0.29, 0.717) is 11.6 Å². The number of aryl methyl sites for hydroxylation is 1. The first-order valence-corrected chi connectivity index (χ1v) is 7.85. The largest absolute Gasteiger partial charge is 0.271 e. The van der Waals surface area contributed by atoms with Crippen LogP contribution in [0.4, 0.5) is 0 Å². The molecule has 1 aliphatic rings. The van der Waals surface area contributed by atoms with E-state index in [2.05, 4.69) is 12.0 Å². The Morgan fingerprint density at radius 3 is 2.75 bits per heavy atom. The van der Waals surface area contributed by atoms with E-state index in [1.54, 1.807) is 10.9 Å². The number of hydrogen-bond donors (Lipinski definition) is 0. The summed E-state index contributed by atoms with van der Waals surface area (Å²) < 4.78 is 24.5. The summed E-state index contributed by atoms with van der Waals surface area (Å²) in [6, 6.07) is 0. The number of halogens is 1. The van der Waals surface area contributed by atoms with Crippen LogP contribution < -0.4 is 0 Å². The average molecular weight is 263 g/mol. The zero-order valence-corrected chi connectivity index (χ0v) is 10.8. The Labute approximate surface area is 100 Å². The van der Waals surface area contributed by atoms with Gasteiger partial charge < -0.3 is 0 Å². The molecule has 0 spiro atoms. The highest BCUT2D eigenvalue weighted by Crippen LogP contribution is 2.42. The van der Waals surface area contributed by atoms with Crippen molar-refractivity contribution >= 4 is 19.7 Å². The van der Waals surface area contributed by atoms with Gasteiger partial charge in [-0.15, -0.1) is 0 Å². The van der Waals surface area contributed by atoms with Crippen LogP contribution in [0.5, 0.6) is 0 Å². The molecule has 0 N–H and O–H groups in total. The summed E-state index contributed by atoms with van der Waals surface area (Å²) in [5.74, 6) is 0.298. The van der Waals surface area contributed by atoms with Crippen molar-refractivity contribution in [1.29, 1.82) is 0 Å². The van der Waals surface area contributed by atoms with E-state index in [1.165, 1.54) is 0 Å². The van der Waals surface area contributed by atoms with Gasteiger partial charge in [0, 0.05) is 29.3 Å². The highest BCUT2D eigenvalue weighted by molar-refractivity contribution is 8.13. The van der Waals surface area contributed by atoms with Gasteiger partial charge in [-0.05, 0) is 19.3 Å². The number of unbranched alkanes of at least 4 members (excludes halogenated alkanes) is 1. The molecule has 1 fully saturated rings. The van der Waals surface area contributed by atoms with Crippen LogP contribution in [0.2, 0.25) is 0 Å². The molecular weight excluding hydrogens is 248 g/mol. The fourth-order valence-electron chi connectivity index (χ4n) is 1.68. The molecule has 0 amide bonds. The third-order valence-electron chi connectivity index (χ3n) is 2.72. The molecule has 1 aliphatic carbocycles. The second-order valence-electron chi connectivity index (χ2n) is 4.21. The van der Waals surface area contributed by atoms with Crippen molar-refractivity contribution in [3.63, 3.8) is 0 Å². The van der Waals surface area contributed by atoms with Crippen molar-refractivity contribution in [2.24, 2.45) is 0 Å². The second-order valence-corrected chi connectivity index (χ2v) is 6.74. The van der Waals surface area contributed by atoms with E-state index in [1.807, 2.05) is 0 Å². The monoisotopic (exact) mass is 262 g/mol. The molecule has 0 bridgehead atoms. The van der Waals surface area contributed by atoms with Gasteiger partial charge in [-0.2, -0.15) is 5.10 Å². The summed E-state index contributed by atoms with van der Waals surface area (Å²) in [5.41, 5.74) is 0.658. The topological polar surface area (TPSA) is 52.0 Å². The summed E-state index contributed by atoms with van der Waals surface area (Å²) in [4.78, 5) is 0.202. The predicted molar refractivity (Wildman–Crippen MR) is 62.1 cm³/mol. The van der Waals surface area contributed by atoms with E-state index < -0.39 is 9.05 Å². The molecule has 0 radical (unpaired) electrons. The molecule has 0 atom stereocenters. The van der Waals surface area contributed by atoms with Crippen LogP contribution in [0.25, 0.3) is 0 Å². The molecule has 1 heterocycles. The Kier molecular flexibility index (Phi) is 3.26. The third kappa shape index (κ3) is 2.58. The quantitative estimate of drug-likeness (QED) is 0.766. The molecule has 16 heavy (non-hydrogen) atoms. The number of aromatic nitrogens is 2. The van der Waals surface area contributed by atoms with Crippen molar-refractivity contribution in [3.05, 3.63) is 11.9 Å². The lowest BCUT2D eigenvalue weighted by atomic mass is 10.3. The first-order valence-electron chi connectivity index (χ1n) is 5.54. The predicted octanol–water partition coefficient (Wildman–Crippen LogP) is 2.49. The van der Waals surface area contributed by atoms with Gasteiger partial charge in [0.2, 0.25) is 0 Å². The second kappa shape index (κ2) is 4.37. The molecule has 1 saturated carbocycles. The molecule has 2 rings (SSSR count). The summed E-state index contributed by atoms with van der Waals surface area (Å²) in [5, 5.41) is 4.33. The third-order valence-corrected chi connectivity index (χ3v) is 4.06. The molecule has 0 saturated heterocycles. The molecule has 6 heteroatoms. The molecule has 1 aromatic rings. The molecule has 90 valence electrons. The summed E-state index contributed by atoms with van der Waals surface area (Å²) >= 11 is 0. The van der Waals surface area contributed by atoms with Gasteiger partial charge in [0.15, 0.2) is 0 Å². The fourth-order valence-corrected chi connectivity index (χ4v) is 2.74. The van der Waals surface area contributed by atoms with Gasteiger partial charge in [-0.3, -0.25) is 4.68 Å². The SMILES string of the molecule is CCCCn1cc(S(=O)(=O)Cl)c(C2CC2)n1. The van der Waals surface area contributed by atoms with Gasteiger partial charge in [0.1, 0.15) is 4.90 Å². The van der Waals surface area contributed by atoms with Crippen LogP contribution in [0, 0.1) is 0 Å². The van der Waals surface area contributed by atoms with E-state index in [-0.39, 0.29) is 4.90 Å². The fraction of sp³-hybridized carbons (Fsp3) is 0.700. The van der Waals surface area contributed by atoms with Gasteiger partial charge in [-0.1, -0.05) is 13.3 Å². The molecule has 1 aromatic heterocycles. The Morgan fingerprint density at radius 1 is 1.56 bits per heavy atom. The van der Waals surface area contributed by atoms with Crippen LogP contribution in [-0.4, -0.2) is 18.2 Å². The lowest BCUT2D eigenvalue weighted by Crippen LogP contribution is -1.98. The Bertz CT molecular complexity index is 477. The molecule has 0 aliphatic heterocycles. The standard InChI is InChI=1S/C10H15ClN2O2S/c1-2-3-6-13-7-9(16(11,14)15)10(12-13)8-4-5-8/h7-8H,2-6H2,1H3. The molecule has 0 aromatic carbocycles. The van der Waals surface area contributed by atoms with Gasteiger partial charge in [0.05, 0.1) is 5.69 Å². The van der Waals surface area contributed by atoms with Crippen LogP contribution >= 0.6 is 10.7 Å². The van der Waals surface area contributed by atoms with Crippen molar-refractivity contribution in [2.45, 2.75) is 50.0 Å². The van der Waals surface area contributed by atoms with Gasteiger partial charge >= 0.3 is 0 Å². The minimum Gasteiger partial charge on any atom is -0.271 e. The van der Waals surface area contributed by atoms with Crippen molar-refractivity contribution < 1.29 is 8.42 Å².